The summed E-state index contributed by atoms with van der Waals surface area (Å²) in [6, 6.07) is 5.37. The molecule has 0 aliphatic carbocycles. The van der Waals surface area contributed by atoms with E-state index in [4.69, 9.17) is 11.6 Å². The van der Waals surface area contributed by atoms with Gasteiger partial charge in [-0.25, -0.2) is 0 Å². The molecule has 1 unspecified atom stereocenters. The minimum absolute atomic E-state index is 0.121. The number of benzene rings is 1. The number of hydrogen-bond donors (Lipinski definition) is 1. The standard InChI is InChI=1S/C17H20ClN3O2S/c1-11-12(18)6-5-7-13(11)19-15(22)10-14-16(23)20-17(24-14)21-8-3-2-4-9-21/h5-7,14H,2-4,8-10H2,1H3,(H,19,22). The Morgan fingerprint density at radius 3 is 2.88 bits per heavy atom. The largest absolute Gasteiger partial charge is 0.351 e. The van der Waals surface area contributed by atoms with Crippen molar-refractivity contribution in [2.45, 2.75) is 37.9 Å². The molecule has 0 aromatic heterocycles. The van der Waals surface area contributed by atoms with E-state index >= 15 is 0 Å². The van der Waals surface area contributed by atoms with Crippen molar-refractivity contribution in [3.8, 4) is 0 Å². The van der Waals surface area contributed by atoms with Crippen molar-refractivity contribution < 1.29 is 9.59 Å². The van der Waals surface area contributed by atoms with Crippen molar-refractivity contribution in [3.63, 3.8) is 0 Å². The van der Waals surface area contributed by atoms with E-state index in [0.717, 1.165) is 36.7 Å². The average Bonchev–Trinajstić information content (AvgIpc) is 2.93. The molecule has 2 amide bonds. The SMILES string of the molecule is Cc1c(Cl)cccc1NC(=O)CC1SC(N2CCCCC2)=NC1=O. The van der Waals surface area contributed by atoms with Gasteiger partial charge in [-0.15, -0.1) is 0 Å². The molecule has 0 spiro atoms. The van der Waals surface area contributed by atoms with Crippen LogP contribution in [-0.4, -0.2) is 40.2 Å². The van der Waals surface area contributed by atoms with Crippen molar-refractivity contribution in [2.75, 3.05) is 18.4 Å². The lowest BCUT2D eigenvalue weighted by Crippen LogP contribution is -2.33. The third-order valence-electron chi connectivity index (χ3n) is 4.27. The van der Waals surface area contributed by atoms with Crippen LogP contribution in [0.2, 0.25) is 5.02 Å². The van der Waals surface area contributed by atoms with E-state index < -0.39 is 5.25 Å². The van der Waals surface area contributed by atoms with Crippen LogP contribution in [0, 0.1) is 6.92 Å². The number of hydrogen-bond acceptors (Lipinski definition) is 4. The van der Waals surface area contributed by atoms with Crippen LogP contribution in [0.4, 0.5) is 5.69 Å². The summed E-state index contributed by atoms with van der Waals surface area (Å²) in [6.45, 7) is 3.74. The van der Waals surface area contributed by atoms with Gasteiger partial charge in [-0.2, -0.15) is 4.99 Å². The Balaban J connectivity index is 1.57. The second-order valence-corrected chi connectivity index (χ2v) is 7.63. The monoisotopic (exact) mass is 365 g/mol. The fraction of sp³-hybridized carbons (Fsp3) is 0.471. The minimum atomic E-state index is -0.429. The van der Waals surface area contributed by atoms with Crippen molar-refractivity contribution in [2.24, 2.45) is 4.99 Å². The lowest BCUT2D eigenvalue weighted by atomic mass is 10.1. The highest BCUT2D eigenvalue weighted by molar-refractivity contribution is 8.15. The van der Waals surface area contributed by atoms with Gasteiger partial charge in [-0.05, 0) is 43.9 Å². The molecule has 1 fully saturated rings. The number of carbonyl (C=O) groups is 2. The summed E-state index contributed by atoms with van der Waals surface area (Å²) in [5.41, 5.74) is 1.50. The molecule has 128 valence electrons. The summed E-state index contributed by atoms with van der Waals surface area (Å²) in [5, 5.41) is 3.79. The van der Waals surface area contributed by atoms with Gasteiger partial charge in [0.1, 0.15) is 5.25 Å². The first-order valence-corrected chi connectivity index (χ1v) is 9.39. The van der Waals surface area contributed by atoms with Crippen molar-refractivity contribution in [1.82, 2.24) is 4.90 Å². The Morgan fingerprint density at radius 2 is 2.12 bits per heavy atom. The molecule has 2 aliphatic heterocycles. The minimum Gasteiger partial charge on any atom is -0.351 e. The second-order valence-electron chi connectivity index (χ2n) is 6.05. The van der Waals surface area contributed by atoms with Crippen LogP contribution in [0.5, 0.6) is 0 Å². The normalized spacial score (nSPS) is 20.9. The van der Waals surface area contributed by atoms with Crippen LogP contribution in [0.15, 0.2) is 23.2 Å². The topological polar surface area (TPSA) is 61.8 Å². The number of likely N-dealkylation sites (tertiary alicyclic amines) is 1. The first-order valence-electron chi connectivity index (χ1n) is 8.13. The number of carbonyl (C=O) groups excluding carboxylic acids is 2. The number of amides is 2. The summed E-state index contributed by atoms with van der Waals surface area (Å²) in [7, 11) is 0. The molecule has 1 N–H and O–H groups in total. The van der Waals surface area contributed by atoms with Crippen molar-refractivity contribution in [1.29, 1.82) is 0 Å². The summed E-state index contributed by atoms with van der Waals surface area (Å²) in [4.78, 5) is 30.7. The van der Waals surface area contributed by atoms with Gasteiger partial charge in [0.25, 0.3) is 5.91 Å². The van der Waals surface area contributed by atoms with Gasteiger partial charge >= 0.3 is 0 Å². The predicted octanol–water partition coefficient (Wildman–Crippen LogP) is 3.46. The van der Waals surface area contributed by atoms with Crippen LogP contribution in [-0.2, 0) is 9.59 Å². The molecule has 5 nitrogen and oxygen atoms in total. The molecule has 0 bridgehead atoms. The fourth-order valence-corrected chi connectivity index (χ4v) is 4.13. The van der Waals surface area contributed by atoms with Crippen molar-refractivity contribution >= 4 is 46.0 Å². The fourth-order valence-electron chi connectivity index (χ4n) is 2.84. The van der Waals surface area contributed by atoms with Crippen LogP contribution in [0.1, 0.15) is 31.2 Å². The Hall–Kier alpha value is -1.53. The van der Waals surface area contributed by atoms with E-state index in [-0.39, 0.29) is 18.2 Å². The molecule has 1 aromatic rings. The number of nitrogens with one attached hydrogen (secondary N) is 1. The zero-order chi connectivity index (χ0) is 17.1. The quantitative estimate of drug-likeness (QED) is 0.891. The van der Waals surface area contributed by atoms with Crippen LogP contribution < -0.4 is 5.32 Å². The average molecular weight is 366 g/mol. The number of aliphatic imine (C=N–C) groups is 1. The lowest BCUT2D eigenvalue weighted by Gasteiger charge is -2.27. The van der Waals surface area contributed by atoms with E-state index in [1.54, 1.807) is 18.2 Å². The van der Waals surface area contributed by atoms with Gasteiger partial charge in [-0.1, -0.05) is 29.4 Å². The highest BCUT2D eigenvalue weighted by atomic mass is 35.5. The molecule has 1 atom stereocenters. The molecule has 3 rings (SSSR count). The molecule has 24 heavy (non-hydrogen) atoms. The van der Waals surface area contributed by atoms with Gasteiger partial charge in [0.2, 0.25) is 5.91 Å². The summed E-state index contributed by atoms with van der Waals surface area (Å²) < 4.78 is 0. The zero-order valence-electron chi connectivity index (χ0n) is 13.5. The van der Waals surface area contributed by atoms with Crippen LogP contribution >= 0.6 is 23.4 Å². The molecular formula is C17H20ClN3O2S. The molecule has 2 aliphatic rings. The van der Waals surface area contributed by atoms with E-state index in [0.29, 0.717) is 10.7 Å². The Kier molecular flexibility index (Phi) is 5.46. The first kappa shape index (κ1) is 17.3. The molecule has 7 heteroatoms. The molecule has 2 heterocycles. The molecular weight excluding hydrogens is 346 g/mol. The zero-order valence-corrected chi connectivity index (χ0v) is 15.1. The van der Waals surface area contributed by atoms with Gasteiger partial charge < -0.3 is 10.2 Å². The third-order valence-corrected chi connectivity index (χ3v) is 5.89. The molecule has 0 saturated carbocycles. The van der Waals surface area contributed by atoms with Gasteiger partial charge in [0.15, 0.2) is 5.17 Å². The van der Waals surface area contributed by atoms with E-state index in [1.165, 1.54) is 18.2 Å². The smallest absolute Gasteiger partial charge is 0.262 e. The number of amidine groups is 1. The third kappa shape index (κ3) is 3.92. The van der Waals surface area contributed by atoms with Gasteiger partial charge in [-0.3, -0.25) is 9.59 Å². The number of rotatable bonds is 3. The Morgan fingerprint density at radius 1 is 1.38 bits per heavy atom. The molecule has 1 aromatic carbocycles. The maximum atomic E-state index is 12.3. The van der Waals surface area contributed by atoms with Crippen LogP contribution in [0.3, 0.4) is 0 Å². The summed E-state index contributed by atoms with van der Waals surface area (Å²) in [6.07, 6.45) is 3.61. The van der Waals surface area contributed by atoms with Gasteiger partial charge in [0, 0.05) is 30.2 Å². The predicted molar refractivity (Wildman–Crippen MR) is 98.7 cm³/mol. The summed E-state index contributed by atoms with van der Waals surface area (Å²) >= 11 is 7.47. The van der Waals surface area contributed by atoms with E-state index in [9.17, 15) is 9.59 Å². The number of nitrogens with zero attached hydrogens (tertiary/aromatic N) is 2. The Labute approximate surface area is 150 Å². The number of anilines is 1. The number of thioether (sulfide) groups is 1. The molecule has 1 saturated heterocycles. The second kappa shape index (κ2) is 7.57. The molecule has 0 radical (unpaired) electrons. The Bertz CT molecular complexity index is 686. The van der Waals surface area contributed by atoms with E-state index in [2.05, 4.69) is 15.2 Å². The first-order chi connectivity index (χ1) is 11.5. The maximum Gasteiger partial charge on any atom is 0.262 e. The van der Waals surface area contributed by atoms with Crippen molar-refractivity contribution in [3.05, 3.63) is 28.8 Å². The number of halogens is 1. The maximum absolute atomic E-state index is 12.3. The lowest BCUT2D eigenvalue weighted by molar-refractivity contribution is -0.121. The van der Waals surface area contributed by atoms with Crippen LogP contribution in [0.25, 0.3) is 0 Å². The highest BCUT2D eigenvalue weighted by Crippen LogP contribution is 2.29. The highest BCUT2D eigenvalue weighted by Gasteiger charge is 2.33. The van der Waals surface area contributed by atoms with E-state index in [1.807, 2.05) is 6.92 Å². The summed E-state index contributed by atoms with van der Waals surface area (Å²) in [5.74, 6) is -0.403. The number of piperidine rings is 1. The van der Waals surface area contributed by atoms with Gasteiger partial charge in [0.05, 0.1) is 0 Å².